The van der Waals surface area contributed by atoms with Gasteiger partial charge < -0.3 is 10.2 Å². The van der Waals surface area contributed by atoms with Gasteiger partial charge in [-0.1, -0.05) is 28.9 Å². The summed E-state index contributed by atoms with van der Waals surface area (Å²) < 4.78 is 1.18. The van der Waals surface area contributed by atoms with Crippen molar-refractivity contribution in [2.45, 2.75) is 45.2 Å². The topological polar surface area (TPSA) is 15.3 Å². The Labute approximate surface area is 124 Å². The van der Waals surface area contributed by atoms with Crippen LogP contribution < -0.4 is 10.2 Å². The number of hydrogen-bond acceptors (Lipinski definition) is 2. The normalized spacial score (nSPS) is 27.6. The van der Waals surface area contributed by atoms with Gasteiger partial charge in [-0.25, -0.2) is 0 Å². The Hall–Kier alpha value is -0.540. The Morgan fingerprint density at radius 2 is 2.16 bits per heavy atom. The maximum atomic E-state index is 3.76. The summed E-state index contributed by atoms with van der Waals surface area (Å²) in [5.41, 5.74) is 2.80. The molecule has 2 nitrogen and oxygen atoms in total. The van der Waals surface area contributed by atoms with Gasteiger partial charge in [-0.2, -0.15) is 0 Å². The lowest BCUT2D eigenvalue weighted by atomic mass is 10.0. The second kappa shape index (κ2) is 5.45. The maximum Gasteiger partial charge on any atom is 0.0412 e. The molecule has 0 amide bonds. The molecule has 2 aliphatic rings. The second-order valence-electron chi connectivity index (χ2n) is 6.00. The van der Waals surface area contributed by atoms with Gasteiger partial charge in [0, 0.05) is 35.3 Å². The number of nitrogens with one attached hydrogen (secondary N) is 1. The predicted molar refractivity (Wildman–Crippen MR) is 84.8 cm³/mol. The highest BCUT2D eigenvalue weighted by Crippen LogP contribution is 2.36. The van der Waals surface area contributed by atoms with Crippen LogP contribution in [0, 0.1) is 12.8 Å². The molecule has 1 heterocycles. The van der Waals surface area contributed by atoms with E-state index in [9.17, 15) is 0 Å². The van der Waals surface area contributed by atoms with Crippen LogP contribution in [-0.4, -0.2) is 25.2 Å². The molecule has 104 valence electrons. The highest BCUT2D eigenvalue weighted by Gasteiger charge is 2.37. The van der Waals surface area contributed by atoms with Crippen molar-refractivity contribution in [2.24, 2.45) is 5.92 Å². The summed E-state index contributed by atoms with van der Waals surface area (Å²) in [5.74, 6) is 0.924. The minimum atomic E-state index is 0.628. The molecule has 1 aromatic rings. The zero-order valence-electron chi connectivity index (χ0n) is 11.8. The Kier molecular flexibility index (Phi) is 3.86. The quantitative estimate of drug-likeness (QED) is 0.912. The molecule has 3 rings (SSSR count). The molecule has 3 heteroatoms. The third kappa shape index (κ3) is 2.82. The van der Waals surface area contributed by atoms with Gasteiger partial charge in [0.25, 0.3) is 0 Å². The summed E-state index contributed by atoms with van der Waals surface area (Å²) >= 11 is 3.62. The second-order valence-corrected chi connectivity index (χ2v) is 6.91. The zero-order chi connectivity index (χ0) is 13.4. The first kappa shape index (κ1) is 13.4. The van der Waals surface area contributed by atoms with E-state index in [1.165, 1.54) is 41.5 Å². The molecule has 19 heavy (non-hydrogen) atoms. The van der Waals surface area contributed by atoms with E-state index in [4.69, 9.17) is 0 Å². The summed E-state index contributed by atoms with van der Waals surface area (Å²) in [4.78, 5) is 2.64. The van der Waals surface area contributed by atoms with E-state index in [-0.39, 0.29) is 0 Å². The summed E-state index contributed by atoms with van der Waals surface area (Å²) in [6.45, 7) is 6.82. The minimum absolute atomic E-state index is 0.628. The third-order valence-electron chi connectivity index (χ3n) is 4.59. The van der Waals surface area contributed by atoms with Crippen LogP contribution in [0.5, 0.6) is 0 Å². The number of halogens is 1. The van der Waals surface area contributed by atoms with Crippen LogP contribution in [0.25, 0.3) is 0 Å². The molecule has 0 bridgehead atoms. The van der Waals surface area contributed by atoms with Gasteiger partial charge in [0.05, 0.1) is 0 Å². The smallest absolute Gasteiger partial charge is 0.0412 e. The Morgan fingerprint density at radius 3 is 2.84 bits per heavy atom. The minimum Gasteiger partial charge on any atom is -0.365 e. The van der Waals surface area contributed by atoms with Gasteiger partial charge in [-0.15, -0.1) is 0 Å². The summed E-state index contributed by atoms with van der Waals surface area (Å²) in [7, 11) is 0. The van der Waals surface area contributed by atoms with Crippen LogP contribution in [0.2, 0.25) is 0 Å². The molecule has 1 N–H and O–H groups in total. The van der Waals surface area contributed by atoms with Crippen molar-refractivity contribution in [3.8, 4) is 0 Å². The van der Waals surface area contributed by atoms with Gasteiger partial charge in [-0.3, -0.25) is 0 Å². The number of anilines is 1. The molecule has 1 aliphatic carbocycles. The maximum absolute atomic E-state index is 3.76. The van der Waals surface area contributed by atoms with E-state index in [1.807, 2.05) is 0 Å². The zero-order valence-corrected chi connectivity index (χ0v) is 13.4. The first-order valence-electron chi connectivity index (χ1n) is 7.45. The molecular formula is C16H23BrN2. The summed E-state index contributed by atoms with van der Waals surface area (Å²) in [6, 6.07) is 7.97. The average molecular weight is 323 g/mol. The number of rotatable bonds is 3. The van der Waals surface area contributed by atoms with Crippen LogP contribution in [-0.2, 0) is 0 Å². The monoisotopic (exact) mass is 322 g/mol. The first-order valence-corrected chi connectivity index (χ1v) is 8.24. The van der Waals surface area contributed by atoms with Crippen LogP contribution in [0.1, 0.15) is 31.7 Å². The van der Waals surface area contributed by atoms with Crippen LogP contribution in [0.4, 0.5) is 5.69 Å². The van der Waals surface area contributed by atoms with Crippen molar-refractivity contribution in [1.29, 1.82) is 0 Å². The Morgan fingerprint density at radius 1 is 1.37 bits per heavy atom. The fourth-order valence-corrected chi connectivity index (χ4v) is 3.54. The van der Waals surface area contributed by atoms with Crippen molar-refractivity contribution >= 4 is 21.6 Å². The van der Waals surface area contributed by atoms with Gasteiger partial charge >= 0.3 is 0 Å². The third-order valence-corrected chi connectivity index (χ3v) is 5.09. The van der Waals surface area contributed by atoms with Crippen molar-refractivity contribution in [2.75, 3.05) is 18.0 Å². The molecule has 1 saturated heterocycles. The van der Waals surface area contributed by atoms with Gasteiger partial charge in [-0.05, 0) is 49.8 Å². The highest BCUT2D eigenvalue weighted by molar-refractivity contribution is 9.10. The molecule has 1 aromatic carbocycles. The first-order chi connectivity index (χ1) is 9.19. The fourth-order valence-electron chi connectivity index (χ4n) is 3.19. The SMILES string of the molecule is CCC1CNC(C2CC2)CN1c1cc(Br)ccc1C. The van der Waals surface area contributed by atoms with Crippen molar-refractivity contribution in [3.05, 3.63) is 28.2 Å². The molecule has 1 aliphatic heterocycles. The predicted octanol–water partition coefficient (Wildman–Crippen LogP) is 3.72. The van der Waals surface area contributed by atoms with Crippen LogP contribution in [0.3, 0.4) is 0 Å². The van der Waals surface area contributed by atoms with E-state index < -0.39 is 0 Å². The molecular weight excluding hydrogens is 300 g/mol. The summed E-state index contributed by atoms with van der Waals surface area (Å²) in [5, 5.41) is 3.76. The van der Waals surface area contributed by atoms with Crippen LogP contribution >= 0.6 is 15.9 Å². The van der Waals surface area contributed by atoms with E-state index >= 15 is 0 Å². The molecule has 2 unspecified atom stereocenters. The lowest BCUT2D eigenvalue weighted by Crippen LogP contribution is -2.57. The standard InChI is InChI=1S/C16H23BrN2/c1-3-14-9-18-15(12-5-6-12)10-19(14)16-8-13(17)7-4-11(16)2/h4,7-8,12,14-15,18H,3,5-6,9-10H2,1-2H3. The Balaban J connectivity index is 1.87. The number of hydrogen-bond donors (Lipinski definition) is 1. The average Bonchev–Trinajstić information content (AvgIpc) is 3.25. The van der Waals surface area contributed by atoms with Crippen molar-refractivity contribution in [1.82, 2.24) is 5.32 Å². The van der Waals surface area contributed by atoms with Crippen LogP contribution in [0.15, 0.2) is 22.7 Å². The lowest BCUT2D eigenvalue weighted by molar-refractivity contribution is 0.359. The molecule has 2 atom stereocenters. The molecule has 0 aromatic heterocycles. The van der Waals surface area contributed by atoms with E-state index in [0.29, 0.717) is 12.1 Å². The molecule has 0 radical (unpaired) electrons. The fraction of sp³-hybridized carbons (Fsp3) is 0.625. The van der Waals surface area contributed by atoms with E-state index in [2.05, 4.69) is 58.2 Å². The van der Waals surface area contributed by atoms with E-state index in [0.717, 1.165) is 12.5 Å². The summed E-state index contributed by atoms with van der Waals surface area (Å²) in [6.07, 6.45) is 4.04. The molecule has 1 saturated carbocycles. The van der Waals surface area contributed by atoms with Gasteiger partial charge in [0.1, 0.15) is 0 Å². The van der Waals surface area contributed by atoms with Gasteiger partial charge in [0.15, 0.2) is 0 Å². The molecule has 0 spiro atoms. The number of nitrogens with zero attached hydrogens (tertiary/aromatic N) is 1. The number of piperazine rings is 1. The largest absolute Gasteiger partial charge is 0.365 e. The number of benzene rings is 1. The lowest BCUT2D eigenvalue weighted by Gasteiger charge is -2.42. The van der Waals surface area contributed by atoms with Gasteiger partial charge in [0.2, 0.25) is 0 Å². The molecule has 2 fully saturated rings. The Bertz CT molecular complexity index is 456. The van der Waals surface area contributed by atoms with E-state index in [1.54, 1.807) is 0 Å². The highest BCUT2D eigenvalue weighted by atomic mass is 79.9. The van der Waals surface area contributed by atoms with Crippen molar-refractivity contribution < 1.29 is 0 Å². The van der Waals surface area contributed by atoms with Crippen molar-refractivity contribution in [3.63, 3.8) is 0 Å². The number of aryl methyl sites for hydroxylation is 1.